The van der Waals surface area contributed by atoms with Gasteiger partial charge in [-0.05, 0) is 56.6 Å². The first kappa shape index (κ1) is 24.9. The predicted molar refractivity (Wildman–Crippen MR) is 122 cm³/mol. The Morgan fingerprint density at radius 3 is 2.53 bits per heavy atom. The molecule has 0 spiro atoms. The minimum atomic E-state index is -0.451. The average Bonchev–Trinajstić information content (AvgIpc) is 2.97. The van der Waals surface area contributed by atoms with Crippen molar-refractivity contribution in [2.75, 3.05) is 6.61 Å². The highest BCUT2D eigenvalue weighted by Crippen LogP contribution is 2.45. The molecule has 1 saturated carbocycles. The normalized spacial score (nSPS) is 24.7. The number of ether oxygens (including phenoxy) is 1. The van der Waals surface area contributed by atoms with E-state index in [1.165, 1.54) is 0 Å². The first-order valence-corrected chi connectivity index (χ1v) is 11.5. The third-order valence-electron chi connectivity index (χ3n) is 5.97. The van der Waals surface area contributed by atoms with Crippen molar-refractivity contribution in [3.05, 3.63) is 47.5 Å². The molecule has 4 atom stereocenters. The van der Waals surface area contributed by atoms with Crippen molar-refractivity contribution in [2.24, 2.45) is 5.92 Å². The van der Waals surface area contributed by atoms with Gasteiger partial charge in [0.2, 0.25) is 0 Å². The van der Waals surface area contributed by atoms with Crippen LogP contribution in [0.25, 0.3) is 0 Å². The van der Waals surface area contributed by atoms with E-state index in [4.69, 9.17) is 16.3 Å². The zero-order valence-electron chi connectivity index (χ0n) is 18.7. The molecule has 168 valence electrons. The highest BCUT2D eigenvalue weighted by atomic mass is 35.5. The number of unbranched alkanes of at least 4 members (excludes halogenated alkanes) is 1. The Bertz CT molecular complexity index is 696. The second-order valence-electron chi connectivity index (χ2n) is 9.31. The van der Waals surface area contributed by atoms with Gasteiger partial charge in [0.05, 0.1) is 18.8 Å². The molecule has 0 aromatic heterocycles. The molecule has 1 aromatic carbocycles. The summed E-state index contributed by atoms with van der Waals surface area (Å²) in [5.74, 6) is 0.0241. The second-order valence-corrected chi connectivity index (χ2v) is 9.87. The summed E-state index contributed by atoms with van der Waals surface area (Å²) < 4.78 is 5.14. The highest BCUT2D eigenvalue weighted by Gasteiger charge is 2.41. The molecule has 2 N–H and O–H groups in total. The number of halogens is 1. The van der Waals surface area contributed by atoms with Gasteiger partial charge in [0.15, 0.2) is 0 Å². The van der Waals surface area contributed by atoms with E-state index in [-0.39, 0.29) is 41.3 Å². The summed E-state index contributed by atoms with van der Waals surface area (Å²) in [7, 11) is 0. The smallest absolute Gasteiger partial charge is 0.306 e. The highest BCUT2D eigenvalue weighted by molar-refractivity contribution is 6.21. The van der Waals surface area contributed by atoms with E-state index in [9.17, 15) is 15.0 Å². The lowest BCUT2D eigenvalue weighted by Crippen LogP contribution is -2.22. The van der Waals surface area contributed by atoms with Crippen molar-refractivity contribution < 1.29 is 19.7 Å². The van der Waals surface area contributed by atoms with Crippen molar-refractivity contribution in [2.45, 2.75) is 88.7 Å². The van der Waals surface area contributed by atoms with Crippen LogP contribution in [0.15, 0.2) is 36.4 Å². The molecule has 30 heavy (non-hydrogen) atoms. The van der Waals surface area contributed by atoms with Crippen LogP contribution < -0.4 is 0 Å². The molecule has 1 aliphatic carbocycles. The number of carbonyl (C=O) groups excluding carboxylic acids is 1. The number of carbonyl (C=O) groups is 1. The van der Waals surface area contributed by atoms with Gasteiger partial charge in [-0.1, -0.05) is 50.3 Å². The number of rotatable bonds is 10. The molecular weight excluding hydrogens is 400 g/mol. The van der Waals surface area contributed by atoms with Gasteiger partial charge in [-0.15, -0.1) is 11.6 Å². The standard InChI is InChI=1S/C25H37ClO4/c1-17(2)30-23(29)10-8-6-5-7-9-20-21(26)15-22(28)24(20)18-11-13-19(14-12-18)25(3,4)16-27/h5,7,11-14,17,20-22,24,27-28H,6,8-10,15-16H2,1-4H3/b7-5-/t20-,21+,22+,24+/m0/s1. The Balaban J connectivity index is 1.94. The SMILES string of the molecule is CC(C)OC(=O)CCC/C=C\C[C@@H]1[C@@H](c2ccc(C(C)(C)CO)cc2)[C@H](O)C[C@H]1Cl. The van der Waals surface area contributed by atoms with E-state index >= 15 is 0 Å². The van der Waals surface area contributed by atoms with Crippen molar-refractivity contribution in [3.8, 4) is 0 Å². The quantitative estimate of drug-likeness (QED) is 0.232. The first-order valence-electron chi connectivity index (χ1n) is 11.0. The molecule has 0 aliphatic heterocycles. The Morgan fingerprint density at radius 2 is 1.93 bits per heavy atom. The molecular formula is C25H37ClO4. The number of allylic oxidation sites excluding steroid dienone is 2. The zero-order valence-corrected chi connectivity index (χ0v) is 19.4. The zero-order chi connectivity index (χ0) is 22.3. The summed E-state index contributed by atoms with van der Waals surface area (Å²) in [6.45, 7) is 7.82. The third-order valence-corrected chi connectivity index (χ3v) is 6.47. The van der Waals surface area contributed by atoms with E-state index in [0.29, 0.717) is 12.8 Å². The van der Waals surface area contributed by atoms with Gasteiger partial charge in [-0.2, -0.15) is 0 Å². The number of benzene rings is 1. The monoisotopic (exact) mass is 436 g/mol. The van der Waals surface area contributed by atoms with Gasteiger partial charge in [0, 0.05) is 23.1 Å². The van der Waals surface area contributed by atoms with Gasteiger partial charge >= 0.3 is 5.97 Å². The van der Waals surface area contributed by atoms with Crippen molar-refractivity contribution >= 4 is 17.6 Å². The molecule has 0 amide bonds. The molecule has 1 aliphatic rings. The number of aliphatic hydroxyl groups is 2. The van der Waals surface area contributed by atoms with Crippen LogP contribution >= 0.6 is 11.6 Å². The maximum atomic E-state index is 11.6. The Morgan fingerprint density at radius 1 is 1.27 bits per heavy atom. The summed E-state index contributed by atoms with van der Waals surface area (Å²) >= 11 is 6.59. The van der Waals surface area contributed by atoms with Crippen molar-refractivity contribution in [3.63, 3.8) is 0 Å². The number of esters is 1. The van der Waals surface area contributed by atoms with E-state index in [1.54, 1.807) is 0 Å². The van der Waals surface area contributed by atoms with Gasteiger partial charge < -0.3 is 14.9 Å². The number of aliphatic hydroxyl groups excluding tert-OH is 2. The maximum Gasteiger partial charge on any atom is 0.306 e. The molecule has 1 fully saturated rings. The third kappa shape index (κ3) is 6.83. The van der Waals surface area contributed by atoms with E-state index in [0.717, 1.165) is 30.4 Å². The Hall–Kier alpha value is -1.36. The summed E-state index contributed by atoms with van der Waals surface area (Å²) in [6.07, 6.45) is 7.13. The summed E-state index contributed by atoms with van der Waals surface area (Å²) in [6, 6.07) is 8.21. The number of hydrogen-bond acceptors (Lipinski definition) is 4. The Labute approximate surface area is 186 Å². The summed E-state index contributed by atoms with van der Waals surface area (Å²) in [4.78, 5) is 11.6. The number of hydrogen-bond donors (Lipinski definition) is 2. The van der Waals surface area contributed by atoms with E-state index in [1.807, 2.05) is 39.8 Å². The fourth-order valence-corrected chi connectivity index (χ4v) is 4.57. The molecule has 0 heterocycles. The minimum absolute atomic E-state index is 0.00413. The van der Waals surface area contributed by atoms with Crippen LogP contribution in [0, 0.1) is 5.92 Å². The van der Waals surface area contributed by atoms with Crippen LogP contribution in [-0.4, -0.2) is 40.4 Å². The molecule has 0 radical (unpaired) electrons. The minimum Gasteiger partial charge on any atom is -0.463 e. The lowest BCUT2D eigenvalue weighted by molar-refractivity contribution is -0.147. The van der Waals surface area contributed by atoms with Gasteiger partial charge in [-0.25, -0.2) is 0 Å². The summed E-state index contributed by atoms with van der Waals surface area (Å²) in [5.41, 5.74) is 1.89. The summed E-state index contributed by atoms with van der Waals surface area (Å²) in [5, 5.41) is 20.2. The predicted octanol–water partition coefficient (Wildman–Crippen LogP) is 5.10. The first-order chi connectivity index (χ1) is 14.2. The number of alkyl halides is 1. The molecule has 4 nitrogen and oxygen atoms in total. The van der Waals surface area contributed by atoms with Gasteiger partial charge in [-0.3, -0.25) is 4.79 Å². The molecule has 5 heteroatoms. The Kier molecular flexibility index (Phi) is 9.39. The van der Waals surface area contributed by atoms with E-state index in [2.05, 4.69) is 24.3 Å². The van der Waals surface area contributed by atoms with Crippen molar-refractivity contribution in [1.29, 1.82) is 0 Å². The molecule has 0 bridgehead atoms. The van der Waals surface area contributed by atoms with Crippen LogP contribution in [0.3, 0.4) is 0 Å². The molecule has 2 rings (SSSR count). The maximum absolute atomic E-state index is 11.6. The van der Waals surface area contributed by atoms with Crippen LogP contribution in [0.4, 0.5) is 0 Å². The van der Waals surface area contributed by atoms with Crippen LogP contribution in [0.2, 0.25) is 0 Å². The van der Waals surface area contributed by atoms with Gasteiger partial charge in [0.1, 0.15) is 0 Å². The molecule has 0 saturated heterocycles. The lowest BCUT2D eigenvalue weighted by atomic mass is 9.81. The fraction of sp³-hybridized carbons (Fsp3) is 0.640. The topological polar surface area (TPSA) is 66.8 Å². The molecule has 1 aromatic rings. The van der Waals surface area contributed by atoms with Crippen LogP contribution in [0.1, 0.15) is 76.8 Å². The van der Waals surface area contributed by atoms with Crippen LogP contribution in [0.5, 0.6) is 0 Å². The van der Waals surface area contributed by atoms with Crippen LogP contribution in [-0.2, 0) is 14.9 Å². The van der Waals surface area contributed by atoms with E-state index < -0.39 is 6.10 Å². The van der Waals surface area contributed by atoms with Crippen molar-refractivity contribution in [1.82, 2.24) is 0 Å². The molecule has 0 unspecified atom stereocenters. The average molecular weight is 437 g/mol. The fourth-order valence-electron chi connectivity index (χ4n) is 4.13. The largest absolute Gasteiger partial charge is 0.463 e. The van der Waals surface area contributed by atoms with Gasteiger partial charge in [0.25, 0.3) is 0 Å². The lowest BCUT2D eigenvalue weighted by Gasteiger charge is -2.26. The second kappa shape index (κ2) is 11.3.